The summed E-state index contributed by atoms with van der Waals surface area (Å²) >= 11 is 0. The lowest BCUT2D eigenvalue weighted by atomic mass is 10.2. The normalized spacial score (nSPS) is 13.7. The average molecular weight is 431 g/mol. The minimum atomic E-state index is -0.308. The van der Waals surface area contributed by atoms with Gasteiger partial charge in [0.25, 0.3) is 5.56 Å². The summed E-state index contributed by atoms with van der Waals surface area (Å²) in [4.78, 5) is 42.2. The van der Waals surface area contributed by atoms with Crippen LogP contribution >= 0.6 is 0 Å². The standard InChI is InChI=1S/C24H25N5O3/c1-25-22(30)11-6-14-27-18-8-3-2-7-17(18)23(31)26-21(27)15-28-19-9-4-5-10-20(19)29(24(28)32)16-12-13-16/h2-5,7-10,16H,6,11-15H2,1H3,(H,25,30). The summed E-state index contributed by atoms with van der Waals surface area (Å²) in [5.74, 6) is 0.486. The van der Waals surface area contributed by atoms with E-state index in [0.717, 1.165) is 29.4 Å². The second-order valence-corrected chi connectivity index (χ2v) is 8.24. The number of rotatable bonds is 7. The minimum absolute atomic E-state index is 0.0337. The van der Waals surface area contributed by atoms with Crippen molar-refractivity contribution in [2.75, 3.05) is 7.05 Å². The van der Waals surface area contributed by atoms with Gasteiger partial charge in [0.05, 0.1) is 28.5 Å². The highest BCUT2D eigenvalue weighted by atomic mass is 16.2. The van der Waals surface area contributed by atoms with Crippen molar-refractivity contribution in [2.45, 2.75) is 44.8 Å². The molecule has 2 heterocycles. The molecule has 8 heteroatoms. The van der Waals surface area contributed by atoms with Gasteiger partial charge in [0.1, 0.15) is 5.82 Å². The summed E-state index contributed by atoms with van der Waals surface area (Å²) in [5.41, 5.74) is 2.13. The van der Waals surface area contributed by atoms with E-state index in [2.05, 4.69) is 10.3 Å². The number of hydrogen-bond donors (Lipinski definition) is 1. The van der Waals surface area contributed by atoms with Crippen molar-refractivity contribution < 1.29 is 4.79 Å². The van der Waals surface area contributed by atoms with Crippen LogP contribution in [-0.2, 0) is 17.9 Å². The molecule has 1 aliphatic carbocycles. The van der Waals surface area contributed by atoms with Crippen molar-refractivity contribution in [3.05, 3.63) is 75.2 Å². The number of carbonyl (C=O) groups excluding carboxylic acids is 1. The third-order valence-electron chi connectivity index (χ3n) is 6.11. The smallest absolute Gasteiger partial charge is 0.329 e. The van der Waals surface area contributed by atoms with Crippen molar-refractivity contribution in [3.63, 3.8) is 0 Å². The second-order valence-electron chi connectivity index (χ2n) is 8.24. The van der Waals surface area contributed by atoms with Gasteiger partial charge in [0, 0.05) is 26.1 Å². The van der Waals surface area contributed by atoms with Crippen LogP contribution in [0.5, 0.6) is 0 Å². The van der Waals surface area contributed by atoms with E-state index in [1.807, 2.05) is 51.6 Å². The third kappa shape index (κ3) is 3.51. The zero-order valence-corrected chi connectivity index (χ0v) is 18.0. The number of hydrogen-bond acceptors (Lipinski definition) is 4. The maximum atomic E-state index is 13.3. The number of nitrogens with one attached hydrogen (secondary N) is 1. The number of carbonyl (C=O) groups is 1. The second kappa shape index (κ2) is 8.11. The first-order valence-electron chi connectivity index (χ1n) is 11.0. The summed E-state index contributed by atoms with van der Waals surface area (Å²) in [6, 6.07) is 15.3. The van der Waals surface area contributed by atoms with Gasteiger partial charge in [0.2, 0.25) is 5.91 Å². The lowest BCUT2D eigenvalue weighted by Crippen LogP contribution is -2.28. The zero-order valence-electron chi connectivity index (χ0n) is 18.0. The van der Waals surface area contributed by atoms with Gasteiger partial charge in [-0.25, -0.2) is 4.79 Å². The Hall–Kier alpha value is -3.68. The Morgan fingerprint density at radius 1 is 1.00 bits per heavy atom. The molecule has 0 bridgehead atoms. The molecule has 0 atom stereocenters. The van der Waals surface area contributed by atoms with Crippen molar-refractivity contribution in [1.82, 2.24) is 24.0 Å². The number of fused-ring (bicyclic) bond motifs is 2. The van der Waals surface area contributed by atoms with E-state index in [9.17, 15) is 14.4 Å². The molecular weight excluding hydrogens is 406 g/mol. The van der Waals surface area contributed by atoms with Crippen LogP contribution in [0.2, 0.25) is 0 Å². The van der Waals surface area contributed by atoms with Crippen LogP contribution in [0.25, 0.3) is 21.9 Å². The molecule has 1 N–H and O–H groups in total. The van der Waals surface area contributed by atoms with E-state index in [-0.39, 0.29) is 29.7 Å². The highest BCUT2D eigenvalue weighted by molar-refractivity contribution is 5.79. The van der Waals surface area contributed by atoms with Crippen LogP contribution < -0.4 is 16.6 Å². The van der Waals surface area contributed by atoms with E-state index in [1.54, 1.807) is 17.7 Å². The first kappa shape index (κ1) is 20.2. The van der Waals surface area contributed by atoms with Gasteiger partial charge >= 0.3 is 5.69 Å². The quantitative estimate of drug-likeness (QED) is 0.487. The fraction of sp³-hybridized carbons (Fsp3) is 0.333. The number of amides is 1. The number of para-hydroxylation sites is 3. The predicted octanol–water partition coefficient (Wildman–Crippen LogP) is 2.42. The molecule has 0 saturated heterocycles. The molecule has 0 spiro atoms. The Morgan fingerprint density at radius 2 is 1.69 bits per heavy atom. The molecule has 164 valence electrons. The number of imidazole rings is 1. The van der Waals surface area contributed by atoms with Gasteiger partial charge in [-0.3, -0.25) is 18.7 Å². The monoisotopic (exact) mass is 431 g/mol. The lowest BCUT2D eigenvalue weighted by molar-refractivity contribution is -0.120. The number of aromatic nitrogens is 4. The van der Waals surface area contributed by atoms with Gasteiger partial charge in [-0.2, -0.15) is 4.98 Å². The molecule has 0 aliphatic heterocycles. The molecule has 1 amide bonds. The number of nitrogens with zero attached hydrogens (tertiary/aromatic N) is 4. The minimum Gasteiger partial charge on any atom is -0.359 e. The van der Waals surface area contributed by atoms with E-state index < -0.39 is 0 Å². The molecule has 1 saturated carbocycles. The SMILES string of the molecule is CNC(=O)CCCn1c(Cn2c(=O)n(C3CC3)c3ccccc32)nc(=O)c2ccccc21. The van der Waals surface area contributed by atoms with E-state index >= 15 is 0 Å². The highest BCUT2D eigenvalue weighted by Gasteiger charge is 2.29. The molecule has 2 aromatic heterocycles. The summed E-state index contributed by atoms with van der Waals surface area (Å²) in [7, 11) is 1.62. The number of aryl methyl sites for hydroxylation is 1. The molecule has 5 rings (SSSR count). The van der Waals surface area contributed by atoms with Gasteiger partial charge in [-0.05, 0) is 43.5 Å². The Morgan fingerprint density at radius 3 is 2.41 bits per heavy atom. The van der Waals surface area contributed by atoms with Crippen molar-refractivity contribution in [3.8, 4) is 0 Å². The van der Waals surface area contributed by atoms with Crippen LogP contribution in [-0.4, -0.2) is 31.6 Å². The van der Waals surface area contributed by atoms with Crippen molar-refractivity contribution in [1.29, 1.82) is 0 Å². The highest BCUT2D eigenvalue weighted by Crippen LogP contribution is 2.36. The van der Waals surface area contributed by atoms with E-state index in [4.69, 9.17) is 0 Å². The Labute approximate surface area is 184 Å². The van der Waals surface area contributed by atoms with Crippen molar-refractivity contribution in [2.24, 2.45) is 0 Å². The molecule has 8 nitrogen and oxygen atoms in total. The molecule has 1 fully saturated rings. The topological polar surface area (TPSA) is 90.9 Å². The zero-order chi connectivity index (χ0) is 22.2. The molecule has 32 heavy (non-hydrogen) atoms. The maximum absolute atomic E-state index is 13.3. The van der Waals surface area contributed by atoms with Gasteiger partial charge in [0.15, 0.2) is 0 Å². The molecule has 2 aromatic carbocycles. The van der Waals surface area contributed by atoms with Crippen LogP contribution in [0, 0.1) is 0 Å². The summed E-state index contributed by atoms with van der Waals surface area (Å²) in [5, 5.41) is 3.17. The largest absolute Gasteiger partial charge is 0.359 e. The van der Waals surface area contributed by atoms with Crippen LogP contribution in [0.3, 0.4) is 0 Å². The average Bonchev–Trinajstić information content (AvgIpc) is 3.60. The molecule has 4 aromatic rings. The lowest BCUT2D eigenvalue weighted by Gasteiger charge is -2.16. The first-order chi connectivity index (χ1) is 15.6. The molecule has 1 aliphatic rings. The Kier molecular flexibility index (Phi) is 5.13. The molecule has 0 unspecified atom stereocenters. The van der Waals surface area contributed by atoms with Crippen LogP contribution in [0.4, 0.5) is 0 Å². The van der Waals surface area contributed by atoms with E-state index in [0.29, 0.717) is 30.6 Å². The predicted molar refractivity (Wildman–Crippen MR) is 123 cm³/mol. The van der Waals surface area contributed by atoms with Gasteiger partial charge in [-0.15, -0.1) is 0 Å². The summed E-state index contributed by atoms with van der Waals surface area (Å²) in [6.45, 7) is 0.714. The molecule has 0 radical (unpaired) electrons. The Bertz CT molecular complexity index is 1440. The van der Waals surface area contributed by atoms with E-state index in [1.165, 1.54) is 0 Å². The van der Waals surface area contributed by atoms with Crippen LogP contribution in [0.1, 0.15) is 37.5 Å². The number of benzene rings is 2. The maximum Gasteiger partial charge on any atom is 0.329 e. The molecular formula is C24H25N5O3. The third-order valence-corrected chi connectivity index (χ3v) is 6.11. The van der Waals surface area contributed by atoms with Gasteiger partial charge in [-0.1, -0.05) is 24.3 Å². The fourth-order valence-corrected chi connectivity index (χ4v) is 4.37. The van der Waals surface area contributed by atoms with Crippen LogP contribution in [0.15, 0.2) is 58.1 Å². The first-order valence-corrected chi connectivity index (χ1v) is 11.0. The fourth-order valence-electron chi connectivity index (χ4n) is 4.37. The van der Waals surface area contributed by atoms with Gasteiger partial charge < -0.3 is 9.88 Å². The Balaban J connectivity index is 1.63. The summed E-state index contributed by atoms with van der Waals surface area (Å²) in [6.07, 6.45) is 2.98. The van der Waals surface area contributed by atoms with Crippen molar-refractivity contribution >= 4 is 27.8 Å². The summed E-state index contributed by atoms with van der Waals surface area (Å²) < 4.78 is 5.54.